The molecule has 0 unspecified atom stereocenters. The summed E-state index contributed by atoms with van der Waals surface area (Å²) in [5, 5.41) is 3.42. The van der Waals surface area contributed by atoms with Gasteiger partial charge in [0.05, 0.1) is 0 Å². The highest BCUT2D eigenvalue weighted by Gasteiger charge is 2.23. The molecule has 0 spiro atoms. The molecule has 0 saturated carbocycles. The highest BCUT2D eigenvalue weighted by atomic mass is 15.2. The van der Waals surface area contributed by atoms with Crippen molar-refractivity contribution >= 4 is 0 Å². The summed E-state index contributed by atoms with van der Waals surface area (Å²) in [7, 11) is 2.13. The SMILES string of the molecule is CN1CC(NCC(C)(C)N)C1. The van der Waals surface area contributed by atoms with E-state index in [9.17, 15) is 0 Å². The lowest BCUT2D eigenvalue weighted by atomic mass is 10.1. The fraction of sp³-hybridized carbons (Fsp3) is 1.00. The van der Waals surface area contributed by atoms with Gasteiger partial charge >= 0.3 is 0 Å². The van der Waals surface area contributed by atoms with E-state index in [1.54, 1.807) is 0 Å². The number of likely N-dealkylation sites (tertiary alicyclic amines) is 1. The fourth-order valence-electron chi connectivity index (χ4n) is 1.24. The van der Waals surface area contributed by atoms with Crippen molar-refractivity contribution in [3.05, 3.63) is 0 Å². The summed E-state index contributed by atoms with van der Waals surface area (Å²) in [5.41, 5.74) is 5.75. The lowest BCUT2D eigenvalue weighted by molar-refractivity contribution is 0.157. The van der Waals surface area contributed by atoms with E-state index in [4.69, 9.17) is 5.73 Å². The van der Waals surface area contributed by atoms with Gasteiger partial charge in [-0.05, 0) is 20.9 Å². The van der Waals surface area contributed by atoms with Gasteiger partial charge in [0, 0.05) is 31.2 Å². The fourth-order valence-corrected chi connectivity index (χ4v) is 1.24. The first kappa shape index (κ1) is 8.97. The number of hydrogen-bond acceptors (Lipinski definition) is 3. The van der Waals surface area contributed by atoms with E-state index in [2.05, 4.69) is 17.3 Å². The first-order valence-electron chi connectivity index (χ1n) is 4.18. The maximum absolute atomic E-state index is 5.82. The van der Waals surface area contributed by atoms with Crippen molar-refractivity contribution in [2.24, 2.45) is 5.73 Å². The molecule has 0 amide bonds. The molecule has 1 fully saturated rings. The number of hydrogen-bond donors (Lipinski definition) is 2. The molecule has 1 aliphatic heterocycles. The molecule has 0 radical (unpaired) electrons. The Morgan fingerprint density at radius 1 is 1.55 bits per heavy atom. The molecule has 66 valence electrons. The van der Waals surface area contributed by atoms with Gasteiger partial charge in [-0.15, -0.1) is 0 Å². The second kappa shape index (κ2) is 3.09. The van der Waals surface area contributed by atoms with Gasteiger partial charge in [-0.1, -0.05) is 0 Å². The van der Waals surface area contributed by atoms with Crippen LogP contribution < -0.4 is 11.1 Å². The molecule has 11 heavy (non-hydrogen) atoms. The molecular formula is C8H19N3. The van der Waals surface area contributed by atoms with Crippen LogP contribution in [0.4, 0.5) is 0 Å². The van der Waals surface area contributed by atoms with Gasteiger partial charge in [0.15, 0.2) is 0 Å². The number of nitrogens with zero attached hydrogens (tertiary/aromatic N) is 1. The van der Waals surface area contributed by atoms with E-state index < -0.39 is 0 Å². The molecular weight excluding hydrogens is 138 g/mol. The minimum absolute atomic E-state index is 0.0752. The number of nitrogens with two attached hydrogens (primary N) is 1. The number of rotatable bonds is 3. The van der Waals surface area contributed by atoms with Crippen LogP contribution in [-0.4, -0.2) is 43.2 Å². The van der Waals surface area contributed by atoms with Crippen LogP contribution in [0.5, 0.6) is 0 Å². The normalized spacial score (nSPS) is 21.8. The van der Waals surface area contributed by atoms with Crippen LogP contribution in [0.1, 0.15) is 13.8 Å². The summed E-state index contributed by atoms with van der Waals surface area (Å²) in [4.78, 5) is 2.29. The van der Waals surface area contributed by atoms with E-state index in [1.807, 2.05) is 13.8 Å². The van der Waals surface area contributed by atoms with E-state index in [1.165, 1.54) is 0 Å². The Balaban J connectivity index is 2.05. The highest BCUT2D eigenvalue weighted by molar-refractivity contribution is 4.86. The quantitative estimate of drug-likeness (QED) is 0.587. The van der Waals surface area contributed by atoms with Gasteiger partial charge in [-0.25, -0.2) is 0 Å². The minimum atomic E-state index is -0.0752. The lowest BCUT2D eigenvalue weighted by Gasteiger charge is -2.38. The highest BCUT2D eigenvalue weighted by Crippen LogP contribution is 2.04. The van der Waals surface area contributed by atoms with Crippen molar-refractivity contribution in [3.63, 3.8) is 0 Å². The van der Waals surface area contributed by atoms with Crippen molar-refractivity contribution in [1.82, 2.24) is 10.2 Å². The van der Waals surface area contributed by atoms with E-state index in [-0.39, 0.29) is 5.54 Å². The molecule has 1 rings (SSSR count). The standard InChI is InChI=1S/C8H19N3/c1-8(2,9)6-10-7-4-11(3)5-7/h7,10H,4-6,9H2,1-3H3. The molecule has 1 heterocycles. The Bertz CT molecular complexity index is 122. The maximum Gasteiger partial charge on any atom is 0.0323 e. The van der Waals surface area contributed by atoms with Gasteiger partial charge in [0.2, 0.25) is 0 Å². The Hall–Kier alpha value is -0.120. The molecule has 0 aromatic rings. The monoisotopic (exact) mass is 157 g/mol. The molecule has 3 heteroatoms. The van der Waals surface area contributed by atoms with Crippen molar-refractivity contribution in [3.8, 4) is 0 Å². The van der Waals surface area contributed by atoms with Crippen molar-refractivity contribution in [2.45, 2.75) is 25.4 Å². The summed E-state index contributed by atoms with van der Waals surface area (Å²) in [6, 6.07) is 0.669. The van der Waals surface area contributed by atoms with Crippen LogP contribution in [-0.2, 0) is 0 Å². The van der Waals surface area contributed by atoms with Gasteiger partial charge in [0.25, 0.3) is 0 Å². The molecule has 3 nitrogen and oxygen atoms in total. The lowest BCUT2D eigenvalue weighted by Crippen LogP contribution is -2.59. The Morgan fingerprint density at radius 3 is 2.45 bits per heavy atom. The zero-order valence-electron chi connectivity index (χ0n) is 7.72. The predicted octanol–water partition coefficient (Wildman–Crippen LogP) is -0.373. The Labute approximate surface area is 68.9 Å². The molecule has 1 saturated heterocycles. The molecule has 0 aromatic heterocycles. The second-order valence-corrected chi connectivity index (χ2v) is 4.29. The van der Waals surface area contributed by atoms with Gasteiger partial charge in [-0.2, -0.15) is 0 Å². The van der Waals surface area contributed by atoms with Crippen molar-refractivity contribution < 1.29 is 0 Å². The Kier molecular flexibility index (Phi) is 2.52. The average Bonchev–Trinajstić information content (AvgIpc) is 1.75. The molecule has 0 atom stereocenters. The molecule has 0 aromatic carbocycles. The maximum atomic E-state index is 5.82. The average molecular weight is 157 g/mol. The second-order valence-electron chi connectivity index (χ2n) is 4.29. The molecule has 3 N–H and O–H groups in total. The summed E-state index contributed by atoms with van der Waals surface area (Å²) >= 11 is 0. The van der Waals surface area contributed by atoms with Crippen LogP contribution >= 0.6 is 0 Å². The largest absolute Gasteiger partial charge is 0.324 e. The van der Waals surface area contributed by atoms with Crippen LogP contribution in [0.3, 0.4) is 0 Å². The zero-order chi connectivity index (χ0) is 8.48. The smallest absolute Gasteiger partial charge is 0.0323 e. The predicted molar refractivity (Wildman–Crippen MR) is 47.6 cm³/mol. The van der Waals surface area contributed by atoms with Gasteiger partial charge < -0.3 is 16.0 Å². The summed E-state index contributed by atoms with van der Waals surface area (Å²) < 4.78 is 0. The Morgan fingerprint density at radius 2 is 2.09 bits per heavy atom. The summed E-state index contributed by atoms with van der Waals surface area (Å²) in [6.45, 7) is 7.32. The minimum Gasteiger partial charge on any atom is -0.324 e. The van der Waals surface area contributed by atoms with Crippen LogP contribution in [0, 0.1) is 0 Å². The molecule has 1 aliphatic rings. The molecule has 0 bridgehead atoms. The van der Waals surface area contributed by atoms with E-state index in [0.29, 0.717) is 6.04 Å². The first-order valence-corrected chi connectivity index (χ1v) is 4.18. The van der Waals surface area contributed by atoms with Crippen LogP contribution in [0.2, 0.25) is 0 Å². The summed E-state index contributed by atoms with van der Waals surface area (Å²) in [5.74, 6) is 0. The number of nitrogens with one attached hydrogen (secondary N) is 1. The first-order chi connectivity index (χ1) is 4.97. The zero-order valence-corrected chi connectivity index (χ0v) is 7.72. The van der Waals surface area contributed by atoms with Crippen LogP contribution in [0.25, 0.3) is 0 Å². The topological polar surface area (TPSA) is 41.3 Å². The van der Waals surface area contributed by atoms with Gasteiger partial charge in [0.1, 0.15) is 0 Å². The van der Waals surface area contributed by atoms with Crippen molar-refractivity contribution in [1.29, 1.82) is 0 Å². The third kappa shape index (κ3) is 3.18. The van der Waals surface area contributed by atoms with Crippen LogP contribution in [0.15, 0.2) is 0 Å². The third-order valence-corrected chi connectivity index (χ3v) is 1.91. The van der Waals surface area contributed by atoms with E-state index >= 15 is 0 Å². The van der Waals surface area contributed by atoms with E-state index in [0.717, 1.165) is 19.6 Å². The van der Waals surface area contributed by atoms with Gasteiger partial charge in [-0.3, -0.25) is 0 Å². The van der Waals surface area contributed by atoms with Crippen molar-refractivity contribution in [2.75, 3.05) is 26.7 Å². The third-order valence-electron chi connectivity index (χ3n) is 1.91. The number of likely N-dealkylation sites (N-methyl/N-ethyl adjacent to an activating group) is 1. The summed E-state index contributed by atoms with van der Waals surface area (Å²) in [6.07, 6.45) is 0. The molecule has 0 aliphatic carbocycles.